The Kier molecular flexibility index (Phi) is 2.76. The first kappa shape index (κ1) is 11.2. The topological polar surface area (TPSA) is 77.0 Å². The number of aromatic nitrogens is 2. The summed E-state index contributed by atoms with van der Waals surface area (Å²) in [6, 6.07) is 8.75. The van der Waals surface area contributed by atoms with Crippen molar-refractivity contribution in [2.45, 2.75) is 31.8 Å². The Bertz CT molecular complexity index is 545. The first-order valence-corrected chi connectivity index (χ1v) is 6.14. The van der Waals surface area contributed by atoms with E-state index in [-0.39, 0.29) is 0 Å². The molecule has 18 heavy (non-hydrogen) atoms. The Morgan fingerprint density at radius 2 is 2.11 bits per heavy atom. The second-order valence-corrected chi connectivity index (χ2v) is 4.77. The van der Waals surface area contributed by atoms with Gasteiger partial charge in [-0.2, -0.15) is 4.98 Å². The van der Waals surface area contributed by atoms with Crippen LogP contribution in [0.2, 0.25) is 0 Å². The quantitative estimate of drug-likeness (QED) is 0.862. The number of nitrogens with zero attached hydrogens (tertiary/aromatic N) is 2. The van der Waals surface area contributed by atoms with Gasteiger partial charge in [-0.15, -0.1) is 0 Å². The minimum atomic E-state index is 0.334. The molecule has 0 atom stereocenters. The predicted molar refractivity (Wildman–Crippen MR) is 69.1 cm³/mol. The molecule has 3 N–H and O–H groups in total. The van der Waals surface area contributed by atoms with Crippen molar-refractivity contribution in [1.29, 1.82) is 0 Å². The lowest BCUT2D eigenvalue weighted by Gasteiger charge is -2.34. The zero-order valence-corrected chi connectivity index (χ0v) is 10.3. The van der Waals surface area contributed by atoms with Gasteiger partial charge in [0.25, 0.3) is 5.89 Å². The molecule has 0 saturated heterocycles. The lowest BCUT2D eigenvalue weighted by molar-refractivity contribution is 0.373. The molecule has 0 aliphatic heterocycles. The number of hydrogen-bond acceptors (Lipinski definition) is 5. The van der Waals surface area contributed by atoms with Crippen molar-refractivity contribution in [3.8, 4) is 11.5 Å². The van der Waals surface area contributed by atoms with Crippen molar-refractivity contribution >= 4 is 5.69 Å². The summed E-state index contributed by atoms with van der Waals surface area (Å²) in [6.07, 6.45) is 2.02. The lowest BCUT2D eigenvalue weighted by atomic mass is 9.87. The Morgan fingerprint density at radius 3 is 2.78 bits per heavy atom. The molecule has 94 valence electrons. The van der Waals surface area contributed by atoms with E-state index in [0.717, 1.165) is 24.1 Å². The number of aryl methyl sites for hydroxylation is 1. The minimum absolute atomic E-state index is 0.334. The molecule has 5 heteroatoms. The summed E-state index contributed by atoms with van der Waals surface area (Å²) in [6.45, 7) is 1.81. The fourth-order valence-corrected chi connectivity index (χ4v) is 2.20. The normalized spacial score (nSPS) is 22.6. The highest BCUT2D eigenvalue weighted by molar-refractivity contribution is 5.72. The zero-order valence-electron chi connectivity index (χ0n) is 10.3. The van der Waals surface area contributed by atoms with Crippen LogP contribution >= 0.6 is 0 Å². The molecule has 1 aromatic carbocycles. The van der Waals surface area contributed by atoms with Gasteiger partial charge in [-0.1, -0.05) is 17.3 Å². The Labute approximate surface area is 105 Å². The van der Waals surface area contributed by atoms with Crippen LogP contribution < -0.4 is 11.1 Å². The van der Waals surface area contributed by atoms with Gasteiger partial charge in [-0.05, 0) is 31.9 Å². The van der Waals surface area contributed by atoms with Crippen molar-refractivity contribution in [3.05, 3.63) is 30.1 Å². The first-order valence-electron chi connectivity index (χ1n) is 6.14. The maximum atomic E-state index is 5.79. The highest BCUT2D eigenvalue weighted by atomic mass is 16.5. The SMILES string of the molecule is Cc1noc(-c2ccccc2NC2CC(N)C2)n1. The summed E-state index contributed by atoms with van der Waals surface area (Å²) in [5, 5.41) is 7.30. The third-order valence-electron chi connectivity index (χ3n) is 3.22. The fraction of sp³-hybridized carbons (Fsp3) is 0.385. The molecule has 0 radical (unpaired) electrons. The van der Waals surface area contributed by atoms with E-state index in [1.165, 1.54) is 0 Å². The first-order chi connectivity index (χ1) is 8.72. The molecule has 0 amide bonds. The molecule has 3 rings (SSSR count). The van der Waals surface area contributed by atoms with Crippen LogP contribution in [0.4, 0.5) is 5.69 Å². The summed E-state index contributed by atoms with van der Waals surface area (Å²) < 4.78 is 5.22. The summed E-state index contributed by atoms with van der Waals surface area (Å²) in [5.74, 6) is 1.20. The van der Waals surface area contributed by atoms with Gasteiger partial charge in [0.1, 0.15) is 0 Å². The van der Waals surface area contributed by atoms with Gasteiger partial charge in [0.05, 0.1) is 5.56 Å². The fourth-order valence-electron chi connectivity index (χ4n) is 2.20. The standard InChI is InChI=1S/C13H16N4O/c1-8-15-13(18-17-8)11-4-2-3-5-12(11)16-10-6-9(14)7-10/h2-5,9-10,16H,6-7,14H2,1H3. The zero-order chi connectivity index (χ0) is 12.5. The summed E-state index contributed by atoms with van der Waals surface area (Å²) in [5.41, 5.74) is 7.76. The molecule has 1 saturated carbocycles. The Morgan fingerprint density at radius 1 is 1.33 bits per heavy atom. The smallest absolute Gasteiger partial charge is 0.260 e. The van der Waals surface area contributed by atoms with Gasteiger partial charge in [-0.3, -0.25) is 0 Å². The van der Waals surface area contributed by atoms with E-state index < -0.39 is 0 Å². The van der Waals surface area contributed by atoms with Crippen LogP contribution in [-0.2, 0) is 0 Å². The number of hydrogen-bond donors (Lipinski definition) is 2. The third-order valence-corrected chi connectivity index (χ3v) is 3.22. The average Bonchev–Trinajstić information content (AvgIpc) is 2.74. The largest absolute Gasteiger partial charge is 0.382 e. The molecule has 1 aliphatic rings. The number of nitrogens with one attached hydrogen (secondary N) is 1. The van der Waals surface area contributed by atoms with Gasteiger partial charge < -0.3 is 15.6 Å². The summed E-state index contributed by atoms with van der Waals surface area (Å²) in [4.78, 5) is 4.27. The molecule has 0 spiro atoms. The molecule has 1 heterocycles. The summed E-state index contributed by atoms with van der Waals surface area (Å²) >= 11 is 0. The van der Waals surface area contributed by atoms with Crippen LogP contribution in [0.3, 0.4) is 0 Å². The van der Waals surface area contributed by atoms with E-state index in [2.05, 4.69) is 15.5 Å². The number of rotatable bonds is 3. The van der Waals surface area contributed by atoms with Gasteiger partial charge in [-0.25, -0.2) is 0 Å². The number of para-hydroxylation sites is 1. The predicted octanol–water partition coefficient (Wildman–Crippen LogP) is 1.95. The van der Waals surface area contributed by atoms with Gasteiger partial charge in [0, 0.05) is 17.8 Å². The van der Waals surface area contributed by atoms with Crippen molar-refractivity contribution in [2.75, 3.05) is 5.32 Å². The third kappa shape index (κ3) is 2.09. The highest BCUT2D eigenvalue weighted by Crippen LogP contribution is 2.30. The van der Waals surface area contributed by atoms with E-state index in [1.54, 1.807) is 0 Å². The molecule has 1 aromatic heterocycles. The van der Waals surface area contributed by atoms with Crippen molar-refractivity contribution in [2.24, 2.45) is 5.73 Å². The van der Waals surface area contributed by atoms with Crippen LogP contribution in [0.15, 0.2) is 28.8 Å². The Balaban J connectivity index is 1.85. The summed E-state index contributed by atoms with van der Waals surface area (Å²) in [7, 11) is 0. The molecular formula is C13H16N4O. The van der Waals surface area contributed by atoms with Crippen molar-refractivity contribution < 1.29 is 4.52 Å². The molecule has 0 bridgehead atoms. The molecule has 0 unspecified atom stereocenters. The van der Waals surface area contributed by atoms with E-state index in [0.29, 0.717) is 23.8 Å². The maximum Gasteiger partial charge on any atom is 0.260 e. The van der Waals surface area contributed by atoms with E-state index in [1.807, 2.05) is 31.2 Å². The molecule has 5 nitrogen and oxygen atoms in total. The molecular weight excluding hydrogens is 228 g/mol. The molecule has 1 aliphatic carbocycles. The average molecular weight is 244 g/mol. The van der Waals surface area contributed by atoms with Crippen LogP contribution in [0, 0.1) is 6.92 Å². The number of anilines is 1. The maximum absolute atomic E-state index is 5.79. The van der Waals surface area contributed by atoms with Crippen LogP contribution in [-0.4, -0.2) is 22.2 Å². The molecule has 1 fully saturated rings. The van der Waals surface area contributed by atoms with E-state index in [4.69, 9.17) is 10.3 Å². The molecule has 2 aromatic rings. The van der Waals surface area contributed by atoms with Crippen LogP contribution in [0.25, 0.3) is 11.5 Å². The van der Waals surface area contributed by atoms with E-state index >= 15 is 0 Å². The lowest BCUT2D eigenvalue weighted by Crippen LogP contribution is -2.44. The highest BCUT2D eigenvalue weighted by Gasteiger charge is 2.26. The van der Waals surface area contributed by atoms with Crippen LogP contribution in [0.1, 0.15) is 18.7 Å². The number of benzene rings is 1. The Hall–Kier alpha value is -1.88. The minimum Gasteiger partial charge on any atom is -0.382 e. The van der Waals surface area contributed by atoms with Gasteiger partial charge >= 0.3 is 0 Å². The van der Waals surface area contributed by atoms with Crippen LogP contribution in [0.5, 0.6) is 0 Å². The second-order valence-electron chi connectivity index (χ2n) is 4.77. The monoisotopic (exact) mass is 244 g/mol. The van der Waals surface area contributed by atoms with Gasteiger partial charge in [0.2, 0.25) is 0 Å². The van der Waals surface area contributed by atoms with Gasteiger partial charge in [0.15, 0.2) is 5.82 Å². The number of nitrogens with two attached hydrogens (primary N) is 1. The van der Waals surface area contributed by atoms with Crippen molar-refractivity contribution in [1.82, 2.24) is 10.1 Å². The second kappa shape index (κ2) is 4.42. The van der Waals surface area contributed by atoms with E-state index in [9.17, 15) is 0 Å². The van der Waals surface area contributed by atoms with Crippen molar-refractivity contribution in [3.63, 3.8) is 0 Å².